The quantitative estimate of drug-likeness (QED) is 0.587. The van der Waals surface area contributed by atoms with Gasteiger partial charge in [0.1, 0.15) is 5.84 Å². The molecule has 0 radical (unpaired) electrons. The monoisotopic (exact) mass is 311 g/mol. The van der Waals surface area contributed by atoms with E-state index in [4.69, 9.17) is 11.1 Å². The number of nitrogens with zero attached hydrogens (tertiary/aromatic N) is 1. The molecule has 18 heavy (non-hydrogen) atoms. The van der Waals surface area contributed by atoms with Gasteiger partial charge in [-0.15, -0.1) is 0 Å². The van der Waals surface area contributed by atoms with Gasteiger partial charge < -0.3 is 15.7 Å². The summed E-state index contributed by atoms with van der Waals surface area (Å²) >= 11 is 3.51. The summed E-state index contributed by atoms with van der Waals surface area (Å²) in [5.41, 5.74) is 7.26. The maximum atomic E-state index is 9.29. The second-order valence-electron chi connectivity index (χ2n) is 4.95. The van der Waals surface area contributed by atoms with Crippen LogP contribution in [-0.2, 0) is 0 Å². The Morgan fingerprint density at radius 1 is 1.56 bits per heavy atom. The van der Waals surface area contributed by atoms with Crippen molar-refractivity contribution in [1.29, 1.82) is 5.41 Å². The number of nitrogens with two attached hydrogens (primary N) is 1. The van der Waals surface area contributed by atoms with Gasteiger partial charge in [-0.05, 0) is 52.9 Å². The topological polar surface area (TPSA) is 73.3 Å². The first kappa shape index (κ1) is 13.4. The van der Waals surface area contributed by atoms with E-state index >= 15 is 0 Å². The van der Waals surface area contributed by atoms with E-state index in [9.17, 15) is 5.11 Å². The van der Waals surface area contributed by atoms with Gasteiger partial charge in [0.2, 0.25) is 0 Å². The third-order valence-electron chi connectivity index (χ3n) is 3.41. The van der Waals surface area contributed by atoms with Crippen LogP contribution in [0.25, 0.3) is 0 Å². The van der Waals surface area contributed by atoms with Crippen LogP contribution in [0.15, 0.2) is 22.7 Å². The lowest BCUT2D eigenvalue weighted by molar-refractivity contribution is 0.0465. The SMILES string of the molecule is CN(CC1CC(O)C1)c1ccc(C(=N)N)cc1Br. The number of amidine groups is 1. The summed E-state index contributed by atoms with van der Waals surface area (Å²) in [5.74, 6) is 0.649. The van der Waals surface area contributed by atoms with Crippen molar-refractivity contribution in [3.05, 3.63) is 28.2 Å². The third-order valence-corrected chi connectivity index (χ3v) is 4.05. The van der Waals surface area contributed by atoms with Crippen molar-refractivity contribution < 1.29 is 5.11 Å². The number of hydrogen-bond acceptors (Lipinski definition) is 3. The summed E-state index contributed by atoms with van der Waals surface area (Å²) in [4.78, 5) is 2.17. The predicted molar refractivity (Wildman–Crippen MR) is 77.2 cm³/mol. The number of halogens is 1. The highest BCUT2D eigenvalue weighted by Gasteiger charge is 2.28. The fraction of sp³-hybridized carbons (Fsp3) is 0.462. The lowest BCUT2D eigenvalue weighted by Crippen LogP contribution is -2.37. The largest absolute Gasteiger partial charge is 0.393 e. The van der Waals surface area contributed by atoms with E-state index in [1.807, 2.05) is 25.2 Å². The standard InChI is InChI=1S/C13H18BrN3O/c1-17(7-8-4-10(18)5-8)12-3-2-9(13(15)16)6-11(12)14/h2-3,6,8,10,18H,4-5,7H2,1H3,(H3,15,16). The summed E-state index contributed by atoms with van der Waals surface area (Å²) in [5, 5.41) is 16.7. The van der Waals surface area contributed by atoms with E-state index in [2.05, 4.69) is 20.8 Å². The second kappa shape index (κ2) is 5.28. The molecule has 0 unspecified atom stereocenters. The average Bonchev–Trinajstić information content (AvgIpc) is 2.26. The summed E-state index contributed by atoms with van der Waals surface area (Å²) < 4.78 is 0.942. The lowest BCUT2D eigenvalue weighted by atomic mass is 9.82. The molecular weight excluding hydrogens is 294 g/mol. The number of rotatable bonds is 4. The van der Waals surface area contributed by atoms with Gasteiger partial charge in [0.25, 0.3) is 0 Å². The fourth-order valence-electron chi connectivity index (χ4n) is 2.32. The Balaban J connectivity index is 2.05. The van der Waals surface area contributed by atoms with E-state index in [1.54, 1.807) is 0 Å². The minimum absolute atomic E-state index is 0.0759. The molecule has 0 spiro atoms. The number of anilines is 1. The molecule has 0 bridgehead atoms. The van der Waals surface area contributed by atoms with Crippen LogP contribution in [0.4, 0.5) is 5.69 Å². The maximum Gasteiger partial charge on any atom is 0.122 e. The van der Waals surface area contributed by atoms with Crippen molar-refractivity contribution in [3.63, 3.8) is 0 Å². The number of nitrogens with one attached hydrogen (secondary N) is 1. The molecule has 1 fully saturated rings. The van der Waals surface area contributed by atoms with Gasteiger partial charge in [-0.3, -0.25) is 5.41 Å². The molecule has 0 amide bonds. The van der Waals surface area contributed by atoms with Gasteiger partial charge >= 0.3 is 0 Å². The van der Waals surface area contributed by atoms with Crippen LogP contribution < -0.4 is 10.6 Å². The maximum absolute atomic E-state index is 9.29. The number of benzene rings is 1. The van der Waals surface area contributed by atoms with Crippen LogP contribution in [0.5, 0.6) is 0 Å². The zero-order chi connectivity index (χ0) is 13.3. The number of aliphatic hydroxyl groups is 1. The molecule has 1 aromatic carbocycles. The molecule has 4 nitrogen and oxygen atoms in total. The number of aliphatic hydroxyl groups excluding tert-OH is 1. The molecule has 98 valence electrons. The van der Waals surface area contributed by atoms with Gasteiger partial charge in [0.15, 0.2) is 0 Å². The molecule has 0 aromatic heterocycles. The van der Waals surface area contributed by atoms with E-state index in [-0.39, 0.29) is 11.9 Å². The molecule has 0 atom stereocenters. The van der Waals surface area contributed by atoms with Crippen LogP contribution in [-0.4, -0.2) is 30.6 Å². The number of nitrogen functional groups attached to an aromatic ring is 1. The molecule has 1 aliphatic rings. The molecule has 0 aliphatic heterocycles. The van der Waals surface area contributed by atoms with E-state index in [1.165, 1.54) is 0 Å². The van der Waals surface area contributed by atoms with Gasteiger partial charge in [-0.2, -0.15) is 0 Å². The third kappa shape index (κ3) is 2.84. The first-order chi connectivity index (χ1) is 8.47. The van der Waals surface area contributed by atoms with E-state index in [0.29, 0.717) is 5.92 Å². The fourth-order valence-corrected chi connectivity index (χ4v) is 3.00. The lowest BCUT2D eigenvalue weighted by Gasteiger charge is -2.35. The van der Waals surface area contributed by atoms with Gasteiger partial charge in [0.05, 0.1) is 11.8 Å². The average molecular weight is 312 g/mol. The van der Waals surface area contributed by atoms with Crippen LogP contribution in [0.1, 0.15) is 18.4 Å². The summed E-state index contributed by atoms with van der Waals surface area (Å²) in [6.45, 7) is 0.940. The predicted octanol–water partition coefficient (Wildman–Crippen LogP) is 1.94. The Morgan fingerprint density at radius 2 is 2.22 bits per heavy atom. The highest BCUT2D eigenvalue weighted by atomic mass is 79.9. The molecular formula is C13H18BrN3O. The Hall–Kier alpha value is -1.07. The molecule has 2 rings (SSSR count). The molecule has 1 aliphatic carbocycles. The summed E-state index contributed by atoms with van der Waals surface area (Å²) in [6.07, 6.45) is 1.69. The van der Waals surface area contributed by atoms with Crippen molar-refractivity contribution in [3.8, 4) is 0 Å². The van der Waals surface area contributed by atoms with Crippen molar-refractivity contribution in [1.82, 2.24) is 0 Å². The van der Waals surface area contributed by atoms with Crippen molar-refractivity contribution in [2.75, 3.05) is 18.5 Å². The summed E-state index contributed by atoms with van der Waals surface area (Å²) in [7, 11) is 2.04. The smallest absolute Gasteiger partial charge is 0.122 e. The van der Waals surface area contributed by atoms with Crippen molar-refractivity contribution in [2.45, 2.75) is 18.9 Å². The Morgan fingerprint density at radius 3 is 2.72 bits per heavy atom. The van der Waals surface area contributed by atoms with E-state index < -0.39 is 0 Å². The molecule has 1 aromatic rings. The van der Waals surface area contributed by atoms with Crippen molar-refractivity contribution >= 4 is 27.5 Å². The first-order valence-electron chi connectivity index (χ1n) is 6.00. The Labute approximate surface area is 115 Å². The van der Waals surface area contributed by atoms with Crippen LogP contribution in [0, 0.1) is 11.3 Å². The van der Waals surface area contributed by atoms with Crippen molar-refractivity contribution in [2.24, 2.45) is 11.7 Å². The molecule has 0 saturated heterocycles. The molecule has 1 saturated carbocycles. The highest BCUT2D eigenvalue weighted by Crippen LogP contribution is 2.32. The van der Waals surface area contributed by atoms with Gasteiger partial charge in [0, 0.05) is 23.6 Å². The highest BCUT2D eigenvalue weighted by molar-refractivity contribution is 9.10. The second-order valence-corrected chi connectivity index (χ2v) is 5.81. The van der Waals surface area contributed by atoms with Crippen LogP contribution in [0.2, 0.25) is 0 Å². The van der Waals surface area contributed by atoms with Crippen LogP contribution in [0.3, 0.4) is 0 Å². The zero-order valence-corrected chi connectivity index (χ0v) is 11.9. The minimum atomic E-state index is -0.105. The molecule has 4 N–H and O–H groups in total. The normalized spacial score (nSPS) is 22.4. The van der Waals surface area contributed by atoms with Gasteiger partial charge in [-0.1, -0.05) is 0 Å². The zero-order valence-electron chi connectivity index (χ0n) is 10.4. The minimum Gasteiger partial charge on any atom is -0.393 e. The number of hydrogen-bond donors (Lipinski definition) is 3. The van der Waals surface area contributed by atoms with E-state index in [0.717, 1.165) is 35.1 Å². The van der Waals surface area contributed by atoms with Gasteiger partial charge in [-0.25, -0.2) is 0 Å². The van der Waals surface area contributed by atoms with Crippen LogP contribution >= 0.6 is 15.9 Å². The Kier molecular flexibility index (Phi) is 3.92. The molecule has 5 heteroatoms. The summed E-state index contributed by atoms with van der Waals surface area (Å²) in [6, 6.07) is 5.69. The first-order valence-corrected chi connectivity index (χ1v) is 6.80. The molecule has 0 heterocycles. The Bertz CT molecular complexity index is 458.